The zero-order valence-electron chi connectivity index (χ0n) is 19.2. The molecule has 2 atom stereocenters. The largest absolute Gasteiger partial charge is 0.481 e. The monoisotopic (exact) mass is 452 g/mol. The van der Waals surface area contributed by atoms with Crippen LogP contribution in [-0.2, 0) is 14.3 Å². The molecule has 0 fully saturated rings. The Bertz CT molecular complexity index is 945. The highest BCUT2D eigenvalue weighted by molar-refractivity contribution is 5.85. The van der Waals surface area contributed by atoms with Crippen molar-refractivity contribution in [3.8, 4) is 11.1 Å². The summed E-state index contributed by atoms with van der Waals surface area (Å²) < 4.78 is 5.53. The first kappa shape index (κ1) is 24.3. The minimum Gasteiger partial charge on any atom is -0.481 e. The molecule has 0 heterocycles. The van der Waals surface area contributed by atoms with Crippen molar-refractivity contribution in [3.05, 3.63) is 59.7 Å². The minimum atomic E-state index is -0.816. The number of carboxylic acid groups (broad SMARTS) is 1. The lowest BCUT2D eigenvalue weighted by atomic mass is 9.98. The molecule has 176 valence electrons. The quantitative estimate of drug-likeness (QED) is 0.471. The van der Waals surface area contributed by atoms with Gasteiger partial charge >= 0.3 is 12.1 Å². The van der Waals surface area contributed by atoms with E-state index >= 15 is 0 Å². The third-order valence-corrected chi connectivity index (χ3v) is 6.15. The summed E-state index contributed by atoms with van der Waals surface area (Å²) in [5, 5.41) is 14.2. The smallest absolute Gasteiger partial charge is 0.407 e. The highest BCUT2D eigenvalue weighted by atomic mass is 16.5. The molecule has 0 bridgehead atoms. The van der Waals surface area contributed by atoms with Crippen LogP contribution in [0.3, 0.4) is 0 Å². The van der Waals surface area contributed by atoms with Crippen LogP contribution in [0.5, 0.6) is 0 Å². The van der Waals surface area contributed by atoms with Crippen LogP contribution in [0.25, 0.3) is 11.1 Å². The second kappa shape index (κ2) is 11.5. The maximum absolute atomic E-state index is 12.5. The lowest BCUT2D eigenvalue weighted by Crippen LogP contribution is -2.47. The first-order chi connectivity index (χ1) is 15.9. The molecule has 0 saturated carbocycles. The van der Waals surface area contributed by atoms with Crippen LogP contribution < -0.4 is 10.6 Å². The summed E-state index contributed by atoms with van der Waals surface area (Å²) in [6.45, 7) is 4.41. The summed E-state index contributed by atoms with van der Waals surface area (Å²) in [5.41, 5.74) is 4.58. The number of ether oxygens (including phenoxy) is 1. The number of hydrogen-bond donors (Lipinski definition) is 3. The third-order valence-electron chi connectivity index (χ3n) is 6.15. The molecule has 0 spiro atoms. The molecule has 3 N–H and O–H groups in total. The van der Waals surface area contributed by atoms with E-state index in [0.29, 0.717) is 25.8 Å². The van der Waals surface area contributed by atoms with E-state index in [1.165, 1.54) is 0 Å². The molecule has 0 aromatic heterocycles. The van der Waals surface area contributed by atoms with Crippen LogP contribution in [0.2, 0.25) is 0 Å². The fourth-order valence-electron chi connectivity index (χ4n) is 4.21. The first-order valence-electron chi connectivity index (χ1n) is 11.5. The summed E-state index contributed by atoms with van der Waals surface area (Å²) >= 11 is 0. The van der Waals surface area contributed by atoms with Crippen molar-refractivity contribution in [2.24, 2.45) is 5.92 Å². The van der Waals surface area contributed by atoms with Gasteiger partial charge in [-0.1, -0.05) is 62.4 Å². The Balaban J connectivity index is 1.48. The lowest BCUT2D eigenvalue weighted by Gasteiger charge is -2.19. The van der Waals surface area contributed by atoms with E-state index in [-0.39, 0.29) is 30.8 Å². The van der Waals surface area contributed by atoms with E-state index < -0.39 is 18.1 Å². The van der Waals surface area contributed by atoms with Crippen molar-refractivity contribution in [1.29, 1.82) is 0 Å². The van der Waals surface area contributed by atoms with Crippen LogP contribution >= 0.6 is 0 Å². The van der Waals surface area contributed by atoms with Gasteiger partial charge in [-0.05, 0) is 47.4 Å². The number of carbonyl (C=O) groups is 3. The molecule has 2 amide bonds. The van der Waals surface area contributed by atoms with Gasteiger partial charge in [0.15, 0.2) is 0 Å². The molecule has 7 nitrogen and oxygen atoms in total. The fraction of sp³-hybridized carbons (Fsp3) is 0.423. The number of nitrogens with one attached hydrogen (secondary N) is 2. The zero-order valence-corrected chi connectivity index (χ0v) is 19.2. The molecule has 3 rings (SSSR count). The second-order valence-corrected chi connectivity index (χ2v) is 8.55. The van der Waals surface area contributed by atoms with Crippen molar-refractivity contribution in [3.63, 3.8) is 0 Å². The number of aliphatic carboxylic acids is 1. The van der Waals surface area contributed by atoms with Gasteiger partial charge in [0, 0.05) is 18.9 Å². The fourth-order valence-corrected chi connectivity index (χ4v) is 4.21. The summed E-state index contributed by atoms with van der Waals surface area (Å²) in [4.78, 5) is 35.6. The summed E-state index contributed by atoms with van der Waals surface area (Å²) in [6, 6.07) is 15.6. The summed E-state index contributed by atoms with van der Waals surface area (Å²) in [6.07, 6.45) is 1.19. The Kier molecular flexibility index (Phi) is 8.46. The normalized spacial score (nSPS) is 14.0. The van der Waals surface area contributed by atoms with Gasteiger partial charge in [-0.25, -0.2) is 4.79 Å². The number of amides is 2. The van der Waals surface area contributed by atoms with Gasteiger partial charge in [0.05, 0.1) is 0 Å². The number of carbonyl (C=O) groups excluding carboxylic acids is 2. The SMILES string of the molecule is CC[C@@H](NC(=O)OCC1c2ccccc2-c2ccccc21)C(=O)NCCC(C)CCC(=O)O. The topological polar surface area (TPSA) is 105 Å². The van der Waals surface area contributed by atoms with Gasteiger partial charge in [0.2, 0.25) is 5.91 Å². The number of alkyl carbamates (subject to hydrolysis) is 1. The Hall–Kier alpha value is -3.35. The van der Waals surface area contributed by atoms with Crippen LogP contribution in [0.4, 0.5) is 4.79 Å². The van der Waals surface area contributed by atoms with Crippen LogP contribution in [-0.4, -0.2) is 42.3 Å². The van der Waals surface area contributed by atoms with Crippen molar-refractivity contribution >= 4 is 18.0 Å². The second-order valence-electron chi connectivity index (χ2n) is 8.55. The summed E-state index contributed by atoms with van der Waals surface area (Å²) in [7, 11) is 0. The molecule has 0 radical (unpaired) electrons. The number of benzene rings is 2. The van der Waals surface area contributed by atoms with Crippen LogP contribution in [0.15, 0.2) is 48.5 Å². The molecule has 0 saturated heterocycles. The first-order valence-corrected chi connectivity index (χ1v) is 11.5. The standard InChI is InChI=1S/C26H32N2O5/c1-3-23(25(31)27-15-14-17(2)12-13-24(29)30)28-26(32)33-16-22-20-10-6-4-8-18(20)19-9-5-7-11-21(19)22/h4-11,17,22-23H,3,12-16H2,1-2H3,(H,27,31)(H,28,32)(H,29,30)/t17?,23-/m1/s1. The molecule has 2 aromatic carbocycles. The van der Waals surface area contributed by atoms with Gasteiger partial charge in [-0.3, -0.25) is 9.59 Å². The van der Waals surface area contributed by atoms with Crippen molar-refractivity contribution in [2.45, 2.75) is 51.5 Å². The van der Waals surface area contributed by atoms with Crippen LogP contribution in [0, 0.1) is 5.92 Å². The lowest BCUT2D eigenvalue weighted by molar-refractivity contribution is -0.137. The van der Waals surface area contributed by atoms with E-state index in [9.17, 15) is 14.4 Å². The predicted molar refractivity (Wildman–Crippen MR) is 126 cm³/mol. The molecule has 7 heteroatoms. The van der Waals surface area contributed by atoms with Crippen molar-refractivity contribution in [2.75, 3.05) is 13.2 Å². The van der Waals surface area contributed by atoms with E-state index in [0.717, 1.165) is 22.3 Å². The summed E-state index contributed by atoms with van der Waals surface area (Å²) in [5.74, 6) is -0.929. The highest BCUT2D eigenvalue weighted by Gasteiger charge is 2.29. The molecule has 2 aromatic rings. The molecule has 1 aliphatic carbocycles. The predicted octanol–water partition coefficient (Wildman–Crippen LogP) is 4.31. The van der Waals surface area contributed by atoms with Gasteiger partial charge in [-0.2, -0.15) is 0 Å². The van der Waals surface area contributed by atoms with Gasteiger partial charge in [-0.15, -0.1) is 0 Å². The van der Waals surface area contributed by atoms with E-state index in [1.807, 2.05) is 38.1 Å². The van der Waals surface area contributed by atoms with Crippen LogP contribution in [0.1, 0.15) is 56.6 Å². The molecular formula is C26H32N2O5. The van der Waals surface area contributed by atoms with E-state index in [4.69, 9.17) is 9.84 Å². The van der Waals surface area contributed by atoms with Crippen molar-refractivity contribution < 1.29 is 24.2 Å². The average molecular weight is 453 g/mol. The molecule has 1 aliphatic rings. The maximum atomic E-state index is 12.5. The van der Waals surface area contributed by atoms with E-state index in [1.54, 1.807) is 0 Å². The van der Waals surface area contributed by atoms with Gasteiger partial charge < -0.3 is 20.5 Å². The Labute approximate surface area is 194 Å². The average Bonchev–Trinajstić information content (AvgIpc) is 3.13. The number of carboxylic acids is 1. The molecule has 33 heavy (non-hydrogen) atoms. The van der Waals surface area contributed by atoms with Crippen molar-refractivity contribution in [1.82, 2.24) is 10.6 Å². The minimum absolute atomic E-state index is 0.0376. The highest BCUT2D eigenvalue weighted by Crippen LogP contribution is 2.44. The third kappa shape index (κ3) is 6.34. The van der Waals surface area contributed by atoms with E-state index in [2.05, 4.69) is 34.9 Å². The maximum Gasteiger partial charge on any atom is 0.407 e. The molecule has 0 aliphatic heterocycles. The zero-order chi connectivity index (χ0) is 23.8. The number of rotatable bonds is 11. The number of hydrogen-bond acceptors (Lipinski definition) is 4. The number of fused-ring (bicyclic) bond motifs is 3. The Morgan fingerprint density at radius 2 is 1.61 bits per heavy atom. The Morgan fingerprint density at radius 3 is 2.18 bits per heavy atom. The molecule has 1 unspecified atom stereocenters. The van der Waals surface area contributed by atoms with Gasteiger partial charge in [0.1, 0.15) is 12.6 Å². The van der Waals surface area contributed by atoms with Gasteiger partial charge in [0.25, 0.3) is 0 Å². The molecular weight excluding hydrogens is 420 g/mol. The Morgan fingerprint density at radius 1 is 1.00 bits per heavy atom.